The molecular formula is C2H7Cl4NPt. The second kappa shape index (κ2) is 6.92. The predicted octanol–water partition coefficient (Wildman–Crippen LogP) is 2.72. The van der Waals surface area contributed by atoms with Crippen molar-refractivity contribution in [2.45, 2.75) is 6.92 Å². The summed E-state index contributed by atoms with van der Waals surface area (Å²) in [7, 11) is 20.0. The van der Waals surface area contributed by atoms with Crippen molar-refractivity contribution in [3.8, 4) is 0 Å². The van der Waals surface area contributed by atoms with Crippen molar-refractivity contribution >= 4 is 37.7 Å². The molecule has 0 aromatic heterocycles. The van der Waals surface area contributed by atoms with Gasteiger partial charge >= 0.3 is 49.6 Å². The molecule has 0 aromatic rings. The van der Waals surface area contributed by atoms with E-state index in [0.717, 1.165) is 6.54 Å². The summed E-state index contributed by atoms with van der Waals surface area (Å²) in [5.41, 5.74) is 4.85. The van der Waals surface area contributed by atoms with Gasteiger partial charge in [0.05, 0.1) is 0 Å². The molecule has 0 saturated heterocycles. The van der Waals surface area contributed by atoms with Gasteiger partial charge in [-0.25, -0.2) is 0 Å². The number of rotatable bonds is 0. The summed E-state index contributed by atoms with van der Waals surface area (Å²) in [6.07, 6.45) is 0. The molecule has 0 heterocycles. The molecule has 0 bridgehead atoms. The SMILES string of the molecule is CCN.[Cl][Pt]([Cl])([Cl])[Cl]. The van der Waals surface area contributed by atoms with Gasteiger partial charge in [0.2, 0.25) is 0 Å². The van der Waals surface area contributed by atoms with Crippen molar-refractivity contribution < 1.29 is 11.9 Å². The third-order valence-electron chi connectivity index (χ3n) is 0. The topological polar surface area (TPSA) is 26.0 Å². The molecule has 0 radical (unpaired) electrons. The van der Waals surface area contributed by atoms with Crippen LogP contribution in [0, 0.1) is 0 Å². The Bertz CT molecular complexity index is 37.8. The van der Waals surface area contributed by atoms with Crippen molar-refractivity contribution in [3.63, 3.8) is 0 Å². The number of halogens is 4. The van der Waals surface area contributed by atoms with E-state index in [1.807, 2.05) is 6.92 Å². The monoisotopic (exact) mass is 380 g/mol. The van der Waals surface area contributed by atoms with Crippen LogP contribution in [-0.2, 0) is 11.9 Å². The fourth-order valence-corrected chi connectivity index (χ4v) is 0. The molecule has 0 aromatic carbocycles. The third-order valence-corrected chi connectivity index (χ3v) is 0. The van der Waals surface area contributed by atoms with Crippen LogP contribution in [-0.4, -0.2) is 6.54 Å². The standard InChI is InChI=1S/C2H7N.4ClH.Pt/c1-2-3;;;;;/h2-3H2,1H3;4*1H;/q;;;;;+4/p-4. The Morgan fingerprint density at radius 2 is 1.25 bits per heavy atom. The molecule has 0 aliphatic rings. The van der Waals surface area contributed by atoms with E-state index in [-0.39, 0.29) is 0 Å². The van der Waals surface area contributed by atoms with E-state index in [9.17, 15) is 0 Å². The Morgan fingerprint density at radius 3 is 1.25 bits per heavy atom. The minimum atomic E-state index is -3.06. The minimum absolute atomic E-state index is 0.750. The van der Waals surface area contributed by atoms with E-state index < -0.39 is 11.9 Å². The molecule has 0 unspecified atom stereocenters. The van der Waals surface area contributed by atoms with Gasteiger partial charge in [-0.2, -0.15) is 0 Å². The Kier molecular flexibility index (Phi) is 10.8. The molecule has 0 aliphatic heterocycles. The zero-order valence-electron chi connectivity index (χ0n) is 4.11. The Morgan fingerprint density at radius 1 is 1.25 bits per heavy atom. The van der Waals surface area contributed by atoms with Crippen molar-refractivity contribution in [2.24, 2.45) is 5.73 Å². The van der Waals surface area contributed by atoms with Gasteiger partial charge < -0.3 is 5.73 Å². The average Bonchev–Trinajstić information content (AvgIpc) is 1.27. The Labute approximate surface area is 68.3 Å². The van der Waals surface area contributed by atoms with Crippen molar-refractivity contribution in [1.82, 2.24) is 0 Å². The molecule has 1 nitrogen and oxygen atoms in total. The maximum atomic E-state index is 5.01. The van der Waals surface area contributed by atoms with E-state index >= 15 is 0 Å². The van der Waals surface area contributed by atoms with Crippen molar-refractivity contribution in [2.75, 3.05) is 6.54 Å². The van der Waals surface area contributed by atoms with Crippen LogP contribution in [0.3, 0.4) is 0 Å². The second-order valence-corrected chi connectivity index (χ2v) is 20.4. The number of hydrogen-bond acceptors (Lipinski definition) is 1. The normalized spacial score (nSPS) is 11.8. The van der Waals surface area contributed by atoms with Crippen LogP contribution in [0.1, 0.15) is 6.92 Å². The molecule has 2 N–H and O–H groups in total. The summed E-state index contributed by atoms with van der Waals surface area (Å²) in [6, 6.07) is 0. The second-order valence-electron chi connectivity index (χ2n) is 0.679. The first-order valence-corrected chi connectivity index (χ1v) is 12.9. The van der Waals surface area contributed by atoms with Gasteiger partial charge in [-0.1, -0.05) is 6.92 Å². The van der Waals surface area contributed by atoms with Crippen LogP contribution in [0.5, 0.6) is 0 Å². The van der Waals surface area contributed by atoms with Crippen LogP contribution in [0.15, 0.2) is 0 Å². The molecule has 0 aliphatic carbocycles. The van der Waals surface area contributed by atoms with Gasteiger partial charge in [0, 0.05) is 0 Å². The summed E-state index contributed by atoms with van der Waals surface area (Å²) in [5.74, 6) is 0. The number of hydrogen-bond donors (Lipinski definition) is 1. The van der Waals surface area contributed by atoms with Gasteiger partial charge in [-0.05, 0) is 6.54 Å². The van der Waals surface area contributed by atoms with E-state index in [0.29, 0.717) is 0 Å². The molecule has 0 rings (SSSR count). The van der Waals surface area contributed by atoms with Crippen LogP contribution < -0.4 is 5.73 Å². The molecular weight excluding hydrogens is 375 g/mol. The fraction of sp³-hybridized carbons (Fsp3) is 1.00. The molecule has 8 heavy (non-hydrogen) atoms. The first kappa shape index (κ1) is 12.5. The van der Waals surface area contributed by atoms with Gasteiger partial charge in [0.25, 0.3) is 0 Å². The first-order chi connectivity index (χ1) is 3.41. The van der Waals surface area contributed by atoms with Gasteiger partial charge in [0.15, 0.2) is 0 Å². The molecule has 0 atom stereocenters. The molecule has 58 valence electrons. The predicted molar refractivity (Wildman–Crippen MR) is 38.1 cm³/mol. The van der Waals surface area contributed by atoms with E-state index in [4.69, 9.17) is 43.4 Å². The van der Waals surface area contributed by atoms with Crippen molar-refractivity contribution in [1.29, 1.82) is 0 Å². The van der Waals surface area contributed by atoms with Crippen molar-refractivity contribution in [3.05, 3.63) is 0 Å². The summed E-state index contributed by atoms with van der Waals surface area (Å²) in [4.78, 5) is 0. The Hall–Kier alpha value is 1.81. The maximum absolute atomic E-state index is 5.01. The van der Waals surface area contributed by atoms with Crippen LogP contribution in [0.25, 0.3) is 0 Å². The molecule has 0 spiro atoms. The molecule has 0 saturated carbocycles. The molecule has 6 heteroatoms. The third kappa shape index (κ3) is 111. The summed E-state index contributed by atoms with van der Waals surface area (Å²) < 4.78 is 0. The zero-order chi connectivity index (χ0) is 7.21. The summed E-state index contributed by atoms with van der Waals surface area (Å²) in [6.45, 7) is 2.65. The Balaban J connectivity index is 0. The van der Waals surface area contributed by atoms with E-state index in [1.54, 1.807) is 0 Å². The summed E-state index contributed by atoms with van der Waals surface area (Å²) in [5, 5.41) is 0. The first-order valence-electron chi connectivity index (χ1n) is 1.59. The van der Waals surface area contributed by atoms with Crippen LogP contribution in [0.2, 0.25) is 0 Å². The summed E-state index contributed by atoms with van der Waals surface area (Å²) >= 11 is -3.06. The van der Waals surface area contributed by atoms with Crippen LogP contribution in [0.4, 0.5) is 0 Å². The van der Waals surface area contributed by atoms with Crippen LogP contribution >= 0.6 is 37.7 Å². The zero-order valence-corrected chi connectivity index (χ0v) is 9.41. The van der Waals surface area contributed by atoms with E-state index in [2.05, 4.69) is 0 Å². The van der Waals surface area contributed by atoms with Gasteiger partial charge in [-0.15, -0.1) is 0 Å². The quantitative estimate of drug-likeness (QED) is 0.686. The number of nitrogens with two attached hydrogens (primary N) is 1. The fourth-order valence-electron chi connectivity index (χ4n) is 0. The molecule has 0 amide bonds. The average molecular weight is 382 g/mol. The van der Waals surface area contributed by atoms with Gasteiger partial charge in [-0.3, -0.25) is 0 Å². The van der Waals surface area contributed by atoms with E-state index in [1.165, 1.54) is 0 Å². The van der Waals surface area contributed by atoms with Gasteiger partial charge in [0.1, 0.15) is 0 Å². The molecule has 0 fully saturated rings.